The zero-order valence-electron chi connectivity index (χ0n) is 20.2. The Labute approximate surface area is 201 Å². The summed E-state index contributed by atoms with van der Waals surface area (Å²) in [5.41, 5.74) is 2.73. The fourth-order valence-electron chi connectivity index (χ4n) is 4.42. The van der Waals surface area contributed by atoms with E-state index in [0.29, 0.717) is 22.6 Å². The first-order chi connectivity index (χ1) is 16.3. The zero-order valence-corrected chi connectivity index (χ0v) is 20.2. The van der Waals surface area contributed by atoms with Crippen LogP contribution in [0.2, 0.25) is 0 Å². The SMILES string of the molecule is CC(C)(C)c1cc(OC(=O)c2ccccc2)c(OC(=O)c2ccccc2)c(C2CCCCC2)c1. The van der Waals surface area contributed by atoms with Crippen molar-refractivity contribution in [1.82, 2.24) is 0 Å². The van der Waals surface area contributed by atoms with Crippen molar-refractivity contribution in [2.24, 2.45) is 0 Å². The van der Waals surface area contributed by atoms with Crippen LogP contribution in [0.25, 0.3) is 0 Å². The predicted molar refractivity (Wildman–Crippen MR) is 134 cm³/mol. The van der Waals surface area contributed by atoms with Gasteiger partial charge in [0.15, 0.2) is 11.5 Å². The second kappa shape index (κ2) is 10.3. The van der Waals surface area contributed by atoms with Gasteiger partial charge < -0.3 is 9.47 Å². The van der Waals surface area contributed by atoms with Crippen molar-refractivity contribution in [1.29, 1.82) is 0 Å². The summed E-state index contributed by atoms with van der Waals surface area (Å²) >= 11 is 0. The Morgan fingerprint density at radius 2 is 1.26 bits per heavy atom. The van der Waals surface area contributed by atoms with E-state index in [1.807, 2.05) is 18.2 Å². The molecule has 0 aliphatic heterocycles. The molecule has 0 heterocycles. The van der Waals surface area contributed by atoms with E-state index in [2.05, 4.69) is 26.8 Å². The Bertz CT molecular complexity index is 1140. The molecule has 0 saturated heterocycles. The van der Waals surface area contributed by atoms with Gasteiger partial charge in [0.1, 0.15) is 0 Å². The van der Waals surface area contributed by atoms with E-state index >= 15 is 0 Å². The standard InChI is InChI=1S/C30H32O4/c1-30(2,3)24-19-25(21-13-7-4-8-14-21)27(34-29(32)23-17-11-6-12-18-23)26(20-24)33-28(31)22-15-9-5-10-16-22/h5-6,9-12,15-21H,4,7-8,13-14H2,1-3H3. The van der Waals surface area contributed by atoms with Crippen molar-refractivity contribution in [2.75, 3.05) is 0 Å². The molecular weight excluding hydrogens is 424 g/mol. The van der Waals surface area contributed by atoms with Crippen molar-refractivity contribution in [3.05, 3.63) is 95.1 Å². The molecule has 1 saturated carbocycles. The van der Waals surface area contributed by atoms with Gasteiger partial charge in [-0.15, -0.1) is 0 Å². The van der Waals surface area contributed by atoms with E-state index in [4.69, 9.17) is 9.47 Å². The summed E-state index contributed by atoms with van der Waals surface area (Å²) in [6, 6.07) is 21.8. The topological polar surface area (TPSA) is 52.6 Å². The summed E-state index contributed by atoms with van der Waals surface area (Å²) in [6.07, 6.45) is 5.53. The molecule has 0 bridgehead atoms. The summed E-state index contributed by atoms with van der Waals surface area (Å²) in [5.74, 6) is -0.0237. The second-order valence-corrected chi connectivity index (χ2v) is 9.99. The number of ether oxygens (including phenoxy) is 2. The summed E-state index contributed by atoms with van der Waals surface area (Å²) in [7, 11) is 0. The molecule has 3 aromatic rings. The van der Waals surface area contributed by atoms with Crippen LogP contribution >= 0.6 is 0 Å². The highest BCUT2D eigenvalue weighted by atomic mass is 16.6. The smallest absolute Gasteiger partial charge is 0.343 e. The quantitative estimate of drug-likeness (QED) is 0.295. The molecule has 0 amide bonds. The summed E-state index contributed by atoms with van der Waals surface area (Å²) < 4.78 is 11.9. The Kier molecular flexibility index (Phi) is 7.16. The number of rotatable bonds is 5. The van der Waals surface area contributed by atoms with Crippen LogP contribution in [0.5, 0.6) is 11.5 Å². The van der Waals surface area contributed by atoms with Gasteiger partial charge in [-0.1, -0.05) is 82.5 Å². The molecule has 4 nitrogen and oxygen atoms in total. The lowest BCUT2D eigenvalue weighted by atomic mass is 9.79. The molecule has 0 radical (unpaired) electrons. The first kappa shape index (κ1) is 23.7. The van der Waals surface area contributed by atoms with E-state index in [9.17, 15) is 9.59 Å². The first-order valence-electron chi connectivity index (χ1n) is 12.1. The molecule has 0 atom stereocenters. The largest absolute Gasteiger partial charge is 0.419 e. The van der Waals surface area contributed by atoms with Crippen LogP contribution in [0.4, 0.5) is 0 Å². The van der Waals surface area contributed by atoms with Gasteiger partial charge in [0.05, 0.1) is 11.1 Å². The lowest BCUT2D eigenvalue weighted by molar-refractivity contribution is 0.0679. The van der Waals surface area contributed by atoms with E-state index < -0.39 is 11.9 Å². The van der Waals surface area contributed by atoms with E-state index in [0.717, 1.165) is 36.8 Å². The van der Waals surface area contributed by atoms with E-state index in [-0.39, 0.29) is 11.3 Å². The molecule has 3 aromatic carbocycles. The van der Waals surface area contributed by atoms with Gasteiger partial charge in [-0.2, -0.15) is 0 Å². The molecule has 4 heteroatoms. The molecule has 1 aliphatic carbocycles. The highest BCUT2D eigenvalue weighted by Gasteiger charge is 2.29. The monoisotopic (exact) mass is 456 g/mol. The maximum Gasteiger partial charge on any atom is 0.343 e. The Hall–Kier alpha value is -3.40. The summed E-state index contributed by atoms with van der Waals surface area (Å²) in [6.45, 7) is 6.39. The predicted octanol–water partition coefficient (Wildman–Crippen LogP) is 7.47. The zero-order chi connectivity index (χ0) is 24.1. The molecule has 176 valence electrons. The lowest BCUT2D eigenvalue weighted by Crippen LogP contribution is -2.18. The first-order valence-corrected chi connectivity index (χ1v) is 12.1. The Balaban J connectivity index is 1.81. The van der Waals surface area contributed by atoms with Gasteiger partial charge in [0.25, 0.3) is 0 Å². The normalized spacial score (nSPS) is 14.4. The number of esters is 2. The average Bonchev–Trinajstić information content (AvgIpc) is 2.85. The fourth-order valence-corrected chi connectivity index (χ4v) is 4.42. The van der Waals surface area contributed by atoms with E-state index in [1.165, 1.54) is 6.42 Å². The van der Waals surface area contributed by atoms with E-state index in [1.54, 1.807) is 48.5 Å². The maximum absolute atomic E-state index is 13.1. The number of carbonyl (C=O) groups excluding carboxylic acids is 2. The fraction of sp³-hybridized carbons (Fsp3) is 0.333. The van der Waals surface area contributed by atoms with Gasteiger partial charge in [0.2, 0.25) is 0 Å². The summed E-state index contributed by atoms with van der Waals surface area (Å²) in [5, 5.41) is 0. The highest BCUT2D eigenvalue weighted by molar-refractivity contribution is 5.93. The van der Waals surface area contributed by atoms with Gasteiger partial charge in [0, 0.05) is 5.56 Å². The van der Waals surface area contributed by atoms with Gasteiger partial charge in [-0.25, -0.2) is 9.59 Å². The second-order valence-electron chi connectivity index (χ2n) is 9.99. The lowest BCUT2D eigenvalue weighted by Gasteiger charge is -2.28. The number of benzene rings is 3. The van der Waals surface area contributed by atoms with Gasteiger partial charge in [-0.05, 0) is 60.1 Å². The van der Waals surface area contributed by atoms with Crippen LogP contribution in [0.1, 0.15) is 90.6 Å². The minimum atomic E-state index is -0.474. The van der Waals surface area contributed by atoms with Crippen LogP contribution in [0.15, 0.2) is 72.8 Å². The Morgan fingerprint density at radius 1 is 0.735 bits per heavy atom. The Morgan fingerprint density at radius 3 is 1.79 bits per heavy atom. The molecule has 0 aromatic heterocycles. The van der Waals surface area contributed by atoms with Crippen molar-refractivity contribution in [3.63, 3.8) is 0 Å². The minimum Gasteiger partial charge on any atom is -0.419 e. The van der Waals surface area contributed by atoms with Crippen LogP contribution in [-0.2, 0) is 5.41 Å². The summed E-state index contributed by atoms with van der Waals surface area (Å²) in [4.78, 5) is 26.1. The molecule has 1 aliphatic rings. The van der Waals surface area contributed by atoms with Gasteiger partial charge >= 0.3 is 11.9 Å². The van der Waals surface area contributed by atoms with Crippen LogP contribution < -0.4 is 9.47 Å². The van der Waals surface area contributed by atoms with Crippen molar-refractivity contribution >= 4 is 11.9 Å². The van der Waals surface area contributed by atoms with Crippen molar-refractivity contribution < 1.29 is 19.1 Å². The van der Waals surface area contributed by atoms with Crippen LogP contribution in [-0.4, -0.2) is 11.9 Å². The minimum absolute atomic E-state index is 0.167. The highest BCUT2D eigenvalue weighted by Crippen LogP contribution is 2.45. The molecule has 0 unspecified atom stereocenters. The third-order valence-corrected chi connectivity index (χ3v) is 6.41. The average molecular weight is 457 g/mol. The molecule has 1 fully saturated rings. The maximum atomic E-state index is 13.1. The number of carbonyl (C=O) groups is 2. The molecule has 0 N–H and O–H groups in total. The number of hydrogen-bond acceptors (Lipinski definition) is 4. The number of hydrogen-bond donors (Lipinski definition) is 0. The molecular formula is C30H32O4. The molecule has 34 heavy (non-hydrogen) atoms. The molecule has 4 rings (SSSR count). The molecule has 0 spiro atoms. The third-order valence-electron chi connectivity index (χ3n) is 6.41. The van der Waals surface area contributed by atoms with Gasteiger partial charge in [-0.3, -0.25) is 0 Å². The van der Waals surface area contributed by atoms with Crippen molar-refractivity contribution in [3.8, 4) is 11.5 Å². The van der Waals surface area contributed by atoms with Crippen molar-refractivity contribution in [2.45, 2.75) is 64.2 Å². The van der Waals surface area contributed by atoms with Crippen LogP contribution in [0, 0.1) is 0 Å². The van der Waals surface area contributed by atoms with Crippen LogP contribution in [0.3, 0.4) is 0 Å². The third kappa shape index (κ3) is 5.56.